The van der Waals surface area contributed by atoms with E-state index in [1.807, 2.05) is 0 Å². The van der Waals surface area contributed by atoms with Gasteiger partial charge in [0.1, 0.15) is 0 Å². The summed E-state index contributed by atoms with van der Waals surface area (Å²) in [5, 5.41) is 5.08. The fourth-order valence-corrected chi connectivity index (χ4v) is 7.90. The molecule has 0 radical (unpaired) electrons. The summed E-state index contributed by atoms with van der Waals surface area (Å²) in [5.74, 6) is 0. The van der Waals surface area contributed by atoms with Gasteiger partial charge in [-0.3, -0.25) is 0 Å². The highest BCUT2D eigenvalue weighted by Crippen LogP contribution is 2.54. The van der Waals surface area contributed by atoms with Crippen LogP contribution in [-0.2, 0) is 5.41 Å². The van der Waals surface area contributed by atoms with E-state index in [9.17, 15) is 0 Å². The van der Waals surface area contributed by atoms with E-state index in [0.29, 0.717) is 0 Å². The summed E-state index contributed by atoms with van der Waals surface area (Å²) in [7, 11) is 0. The summed E-state index contributed by atoms with van der Waals surface area (Å²) in [6, 6.07) is 64.3. The van der Waals surface area contributed by atoms with Gasteiger partial charge in [0, 0.05) is 22.5 Å². The summed E-state index contributed by atoms with van der Waals surface area (Å²) in [6.45, 7) is 4.76. The first-order valence-electron chi connectivity index (χ1n) is 16.8. The molecule has 0 spiro atoms. The first-order valence-corrected chi connectivity index (χ1v) is 16.8. The molecule has 0 aromatic heterocycles. The van der Waals surface area contributed by atoms with Gasteiger partial charge in [-0.05, 0) is 115 Å². The Morgan fingerprint density at radius 3 is 1.88 bits per heavy atom. The Morgan fingerprint density at radius 2 is 1.04 bits per heavy atom. The van der Waals surface area contributed by atoms with Crippen molar-refractivity contribution in [2.24, 2.45) is 0 Å². The SMILES string of the molecule is CC1(C)c2ccccc2-c2cc3ccccc3c(-c3cccc(N(c4ccccc4)c4ccc(-c5ccc6ccccc6c5)cc4)c3)c21. The molecule has 1 aliphatic rings. The van der Waals surface area contributed by atoms with Crippen LogP contribution in [0.5, 0.6) is 0 Å². The van der Waals surface area contributed by atoms with Crippen molar-refractivity contribution in [1.82, 2.24) is 0 Å². The third kappa shape index (κ3) is 4.54. The molecule has 9 rings (SSSR count). The largest absolute Gasteiger partial charge is 0.310 e. The molecule has 0 N–H and O–H groups in total. The maximum atomic E-state index is 2.40. The predicted molar refractivity (Wildman–Crippen MR) is 205 cm³/mol. The molecular formula is C47H35N. The summed E-state index contributed by atoms with van der Waals surface area (Å²) < 4.78 is 0. The van der Waals surface area contributed by atoms with Gasteiger partial charge in [-0.1, -0.05) is 141 Å². The number of fused-ring (bicyclic) bond motifs is 5. The Labute approximate surface area is 282 Å². The van der Waals surface area contributed by atoms with Crippen molar-refractivity contribution >= 4 is 38.6 Å². The molecular weight excluding hydrogens is 579 g/mol. The lowest BCUT2D eigenvalue weighted by Crippen LogP contribution is -2.16. The van der Waals surface area contributed by atoms with Gasteiger partial charge < -0.3 is 4.90 Å². The lowest BCUT2D eigenvalue weighted by atomic mass is 9.77. The normalized spacial score (nSPS) is 13.0. The number of benzene rings is 8. The molecule has 8 aromatic carbocycles. The molecule has 0 amide bonds. The van der Waals surface area contributed by atoms with Gasteiger partial charge in [-0.15, -0.1) is 0 Å². The minimum Gasteiger partial charge on any atom is -0.310 e. The summed E-state index contributed by atoms with van der Waals surface area (Å²) in [4.78, 5) is 2.37. The van der Waals surface area contributed by atoms with E-state index in [-0.39, 0.29) is 5.41 Å². The third-order valence-electron chi connectivity index (χ3n) is 10.2. The van der Waals surface area contributed by atoms with Crippen LogP contribution in [0.15, 0.2) is 176 Å². The average molecular weight is 614 g/mol. The molecule has 0 fully saturated rings. The van der Waals surface area contributed by atoms with Crippen molar-refractivity contribution in [2.45, 2.75) is 19.3 Å². The number of para-hydroxylation sites is 1. The molecule has 48 heavy (non-hydrogen) atoms. The van der Waals surface area contributed by atoms with Crippen molar-refractivity contribution < 1.29 is 0 Å². The zero-order chi connectivity index (χ0) is 32.2. The van der Waals surface area contributed by atoms with Crippen molar-refractivity contribution in [1.29, 1.82) is 0 Å². The van der Waals surface area contributed by atoms with Gasteiger partial charge in [0.25, 0.3) is 0 Å². The van der Waals surface area contributed by atoms with Crippen LogP contribution >= 0.6 is 0 Å². The molecule has 0 saturated carbocycles. The van der Waals surface area contributed by atoms with E-state index in [1.165, 1.54) is 66.1 Å². The minimum atomic E-state index is -0.126. The summed E-state index contributed by atoms with van der Waals surface area (Å²) >= 11 is 0. The Hall–Kier alpha value is -5.92. The van der Waals surface area contributed by atoms with Gasteiger partial charge in [0.05, 0.1) is 0 Å². The summed E-state index contributed by atoms with van der Waals surface area (Å²) in [5.41, 5.74) is 13.7. The van der Waals surface area contributed by atoms with Gasteiger partial charge >= 0.3 is 0 Å². The molecule has 8 aromatic rings. The van der Waals surface area contributed by atoms with E-state index >= 15 is 0 Å². The Balaban J connectivity index is 1.20. The number of nitrogens with zero attached hydrogens (tertiary/aromatic N) is 1. The lowest BCUT2D eigenvalue weighted by Gasteiger charge is -2.28. The smallest absolute Gasteiger partial charge is 0.0467 e. The number of hydrogen-bond donors (Lipinski definition) is 0. The number of rotatable bonds is 5. The minimum absolute atomic E-state index is 0.126. The van der Waals surface area contributed by atoms with Crippen LogP contribution in [0.25, 0.3) is 54.9 Å². The zero-order valence-electron chi connectivity index (χ0n) is 27.2. The molecule has 1 nitrogen and oxygen atoms in total. The van der Waals surface area contributed by atoms with Crippen molar-refractivity contribution in [3.8, 4) is 33.4 Å². The zero-order valence-corrected chi connectivity index (χ0v) is 27.2. The van der Waals surface area contributed by atoms with Gasteiger partial charge in [0.15, 0.2) is 0 Å². The first-order chi connectivity index (χ1) is 23.6. The van der Waals surface area contributed by atoms with Crippen LogP contribution in [0.4, 0.5) is 17.1 Å². The second kappa shape index (κ2) is 11.1. The third-order valence-corrected chi connectivity index (χ3v) is 10.2. The van der Waals surface area contributed by atoms with Crippen LogP contribution in [0.3, 0.4) is 0 Å². The van der Waals surface area contributed by atoms with E-state index in [2.05, 4.69) is 195 Å². The van der Waals surface area contributed by atoms with Gasteiger partial charge in [-0.2, -0.15) is 0 Å². The highest BCUT2D eigenvalue weighted by molar-refractivity contribution is 6.06. The second-order valence-electron chi connectivity index (χ2n) is 13.4. The molecule has 1 aliphatic carbocycles. The monoisotopic (exact) mass is 613 g/mol. The molecule has 0 heterocycles. The molecule has 0 saturated heterocycles. The van der Waals surface area contributed by atoms with Crippen molar-refractivity contribution in [2.75, 3.05) is 4.90 Å². The molecule has 0 aliphatic heterocycles. The maximum Gasteiger partial charge on any atom is 0.0467 e. The van der Waals surface area contributed by atoms with Crippen LogP contribution in [-0.4, -0.2) is 0 Å². The van der Waals surface area contributed by atoms with E-state index in [4.69, 9.17) is 0 Å². The molecule has 0 atom stereocenters. The van der Waals surface area contributed by atoms with E-state index < -0.39 is 0 Å². The van der Waals surface area contributed by atoms with Crippen LogP contribution in [0, 0.1) is 0 Å². The van der Waals surface area contributed by atoms with Crippen LogP contribution in [0.1, 0.15) is 25.0 Å². The predicted octanol–water partition coefficient (Wildman–Crippen LogP) is 13.1. The maximum absolute atomic E-state index is 2.40. The Morgan fingerprint density at radius 1 is 0.396 bits per heavy atom. The highest BCUT2D eigenvalue weighted by atomic mass is 15.1. The quantitative estimate of drug-likeness (QED) is 0.187. The lowest BCUT2D eigenvalue weighted by molar-refractivity contribution is 0.663. The fraction of sp³-hybridized carbons (Fsp3) is 0.0638. The fourth-order valence-electron chi connectivity index (χ4n) is 7.90. The molecule has 0 unspecified atom stereocenters. The van der Waals surface area contributed by atoms with Gasteiger partial charge in [0.2, 0.25) is 0 Å². The highest BCUT2D eigenvalue weighted by Gasteiger charge is 2.38. The van der Waals surface area contributed by atoms with Gasteiger partial charge in [-0.25, -0.2) is 0 Å². The Kier molecular flexibility index (Phi) is 6.55. The molecule has 1 heteroatoms. The Bertz CT molecular complexity index is 2470. The number of hydrogen-bond acceptors (Lipinski definition) is 1. The molecule has 228 valence electrons. The van der Waals surface area contributed by atoms with E-state index in [1.54, 1.807) is 0 Å². The topological polar surface area (TPSA) is 3.24 Å². The van der Waals surface area contributed by atoms with Crippen molar-refractivity contribution in [3.05, 3.63) is 187 Å². The molecule has 0 bridgehead atoms. The van der Waals surface area contributed by atoms with Crippen LogP contribution < -0.4 is 4.90 Å². The van der Waals surface area contributed by atoms with Crippen LogP contribution in [0.2, 0.25) is 0 Å². The number of anilines is 3. The standard InChI is InChI=1S/C47H35N/c1-47(2)44-22-11-10-21-42(44)43-31-36-15-8-9-20-41(36)45(46(43)47)37-16-12-19-40(30-37)48(38-17-4-3-5-18-38)39-27-25-33(26-28-39)35-24-23-32-13-6-7-14-34(32)29-35/h3-31H,1-2H3. The summed E-state index contributed by atoms with van der Waals surface area (Å²) in [6.07, 6.45) is 0. The van der Waals surface area contributed by atoms with E-state index in [0.717, 1.165) is 17.1 Å². The second-order valence-corrected chi connectivity index (χ2v) is 13.4. The first kappa shape index (κ1) is 28.3. The van der Waals surface area contributed by atoms with Crippen molar-refractivity contribution in [3.63, 3.8) is 0 Å². The average Bonchev–Trinajstić information content (AvgIpc) is 3.37.